The lowest BCUT2D eigenvalue weighted by Crippen LogP contribution is -2.03. The van der Waals surface area contributed by atoms with Crippen LogP contribution in [0.1, 0.15) is 13.8 Å². The minimum atomic E-state index is -0.537. The molecule has 0 amide bonds. The standard InChI is InChI=1S/C8H12O4.H2O/c1-3-11-7(9)5-6-8(10)12-4-2;/h5-6H,3-4H2,1-2H3;1H2/b6-5+;. The van der Waals surface area contributed by atoms with Crippen LogP contribution in [0.25, 0.3) is 0 Å². The van der Waals surface area contributed by atoms with Gasteiger partial charge in [0.05, 0.1) is 13.2 Å². The van der Waals surface area contributed by atoms with Crippen LogP contribution in [0, 0.1) is 0 Å². The highest BCUT2D eigenvalue weighted by Crippen LogP contribution is 1.84. The summed E-state index contributed by atoms with van der Waals surface area (Å²) in [7, 11) is 0. The van der Waals surface area contributed by atoms with Crippen molar-refractivity contribution in [1.29, 1.82) is 0 Å². The van der Waals surface area contributed by atoms with Crippen molar-refractivity contribution in [3.8, 4) is 0 Å². The molecule has 0 aromatic carbocycles. The van der Waals surface area contributed by atoms with Crippen molar-refractivity contribution in [2.24, 2.45) is 0 Å². The van der Waals surface area contributed by atoms with Gasteiger partial charge < -0.3 is 14.9 Å². The molecule has 2 N–H and O–H groups in total. The van der Waals surface area contributed by atoms with Crippen LogP contribution in [0.3, 0.4) is 0 Å². The van der Waals surface area contributed by atoms with Crippen LogP contribution < -0.4 is 0 Å². The Morgan fingerprint density at radius 1 is 1.00 bits per heavy atom. The van der Waals surface area contributed by atoms with E-state index in [-0.39, 0.29) is 5.48 Å². The molecule has 76 valence electrons. The average molecular weight is 190 g/mol. The maximum atomic E-state index is 10.6. The lowest BCUT2D eigenvalue weighted by Gasteiger charge is -1.95. The van der Waals surface area contributed by atoms with E-state index in [1.807, 2.05) is 0 Å². The molecular formula is C8H14O5. The van der Waals surface area contributed by atoms with Gasteiger partial charge in [-0.2, -0.15) is 0 Å². The maximum absolute atomic E-state index is 10.6. The van der Waals surface area contributed by atoms with Gasteiger partial charge in [0.25, 0.3) is 0 Å². The van der Waals surface area contributed by atoms with Crippen LogP contribution in [0.15, 0.2) is 12.2 Å². The molecule has 0 saturated carbocycles. The second kappa shape index (κ2) is 8.73. The van der Waals surface area contributed by atoms with Gasteiger partial charge in [0.1, 0.15) is 0 Å². The Morgan fingerprint density at radius 3 is 1.54 bits per heavy atom. The summed E-state index contributed by atoms with van der Waals surface area (Å²) in [6.45, 7) is 3.98. The van der Waals surface area contributed by atoms with Crippen molar-refractivity contribution in [3.05, 3.63) is 12.2 Å². The van der Waals surface area contributed by atoms with E-state index < -0.39 is 11.9 Å². The number of esters is 2. The molecule has 0 aliphatic rings. The molecule has 0 unspecified atom stereocenters. The molecule has 0 heterocycles. The molecule has 0 rings (SSSR count). The first-order valence-electron chi connectivity index (χ1n) is 3.72. The summed E-state index contributed by atoms with van der Waals surface area (Å²) in [6, 6.07) is 0. The second-order valence-electron chi connectivity index (χ2n) is 1.84. The minimum Gasteiger partial charge on any atom is -0.463 e. The summed E-state index contributed by atoms with van der Waals surface area (Å²) in [4.78, 5) is 21.3. The second-order valence-corrected chi connectivity index (χ2v) is 1.84. The van der Waals surface area contributed by atoms with Gasteiger partial charge >= 0.3 is 11.9 Å². The van der Waals surface area contributed by atoms with E-state index in [9.17, 15) is 9.59 Å². The van der Waals surface area contributed by atoms with Gasteiger partial charge in [-0.15, -0.1) is 0 Å². The Labute approximate surface area is 76.6 Å². The normalized spacial score (nSPS) is 9.08. The van der Waals surface area contributed by atoms with Crippen LogP contribution in [-0.4, -0.2) is 30.6 Å². The smallest absolute Gasteiger partial charge is 0.330 e. The summed E-state index contributed by atoms with van der Waals surface area (Å²) in [6.07, 6.45) is 2.09. The summed E-state index contributed by atoms with van der Waals surface area (Å²) in [5, 5.41) is 0. The fourth-order valence-corrected chi connectivity index (χ4v) is 0.517. The van der Waals surface area contributed by atoms with Gasteiger partial charge in [-0.25, -0.2) is 9.59 Å². The van der Waals surface area contributed by atoms with E-state index in [4.69, 9.17) is 0 Å². The fraction of sp³-hybridized carbons (Fsp3) is 0.500. The third kappa shape index (κ3) is 8.55. The summed E-state index contributed by atoms with van der Waals surface area (Å²) in [5.41, 5.74) is 0. The number of hydrogen-bond acceptors (Lipinski definition) is 4. The molecule has 0 aromatic rings. The van der Waals surface area contributed by atoms with E-state index in [0.717, 1.165) is 12.2 Å². The molecule has 5 nitrogen and oxygen atoms in total. The van der Waals surface area contributed by atoms with Crippen molar-refractivity contribution < 1.29 is 24.5 Å². The molecule has 0 bridgehead atoms. The molecular weight excluding hydrogens is 176 g/mol. The molecule has 5 heteroatoms. The van der Waals surface area contributed by atoms with Gasteiger partial charge in [-0.05, 0) is 13.8 Å². The van der Waals surface area contributed by atoms with E-state index in [0.29, 0.717) is 13.2 Å². The molecule has 0 radical (unpaired) electrons. The first-order valence-corrected chi connectivity index (χ1v) is 3.72. The topological polar surface area (TPSA) is 84.1 Å². The molecule has 0 aliphatic carbocycles. The average Bonchev–Trinajstić information content (AvgIpc) is 2.02. The zero-order valence-electron chi connectivity index (χ0n) is 7.70. The van der Waals surface area contributed by atoms with Crippen molar-refractivity contribution in [1.82, 2.24) is 0 Å². The van der Waals surface area contributed by atoms with Gasteiger partial charge in [0, 0.05) is 12.2 Å². The molecule has 0 aromatic heterocycles. The third-order valence-electron chi connectivity index (χ3n) is 0.929. The number of ether oxygens (including phenoxy) is 2. The summed E-state index contributed by atoms with van der Waals surface area (Å²) >= 11 is 0. The Balaban J connectivity index is 0. The Morgan fingerprint density at radius 2 is 1.31 bits per heavy atom. The number of carbonyl (C=O) groups excluding carboxylic acids is 2. The van der Waals surface area contributed by atoms with E-state index in [1.54, 1.807) is 13.8 Å². The molecule has 0 aliphatic heterocycles. The van der Waals surface area contributed by atoms with E-state index in [2.05, 4.69) is 9.47 Å². The quantitative estimate of drug-likeness (QED) is 0.455. The largest absolute Gasteiger partial charge is 0.463 e. The van der Waals surface area contributed by atoms with Gasteiger partial charge in [0.15, 0.2) is 0 Å². The third-order valence-corrected chi connectivity index (χ3v) is 0.929. The predicted molar refractivity (Wildman–Crippen MR) is 46.0 cm³/mol. The van der Waals surface area contributed by atoms with Gasteiger partial charge in [-0.1, -0.05) is 0 Å². The summed E-state index contributed by atoms with van der Waals surface area (Å²) in [5.74, 6) is -1.07. The first-order chi connectivity index (χ1) is 5.70. The number of rotatable bonds is 4. The van der Waals surface area contributed by atoms with Crippen molar-refractivity contribution in [2.75, 3.05) is 13.2 Å². The Bertz CT molecular complexity index is 165. The van der Waals surface area contributed by atoms with Gasteiger partial charge in [-0.3, -0.25) is 0 Å². The van der Waals surface area contributed by atoms with Crippen LogP contribution in [0.4, 0.5) is 0 Å². The van der Waals surface area contributed by atoms with Gasteiger partial charge in [0.2, 0.25) is 0 Å². The van der Waals surface area contributed by atoms with Crippen LogP contribution in [-0.2, 0) is 19.1 Å². The molecule has 0 atom stereocenters. The number of hydrogen-bond donors (Lipinski definition) is 0. The van der Waals surface area contributed by atoms with Crippen molar-refractivity contribution >= 4 is 11.9 Å². The highest BCUT2D eigenvalue weighted by Gasteiger charge is 1.97. The first kappa shape index (κ1) is 14.2. The minimum absolute atomic E-state index is 0. The SMILES string of the molecule is CCOC(=O)/C=C/C(=O)OCC.O. The van der Waals surface area contributed by atoms with Crippen LogP contribution in [0.2, 0.25) is 0 Å². The lowest BCUT2D eigenvalue weighted by molar-refractivity contribution is -0.140. The summed E-state index contributed by atoms with van der Waals surface area (Å²) < 4.78 is 9.07. The predicted octanol–water partition coefficient (Wildman–Crippen LogP) is -0.156. The zero-order chi connectivity index (χ0) is 9.40. The van der Waals surface area contributed by atoms with Crippen LogP contribution >= 0.6 is 0 Å². The fourth-order valence-electron chi connectivity index (χ4n) is 0.517. The Hall–Kier alpha value is -1.36. The molecule has 0 spiro atoms. The molecule has 13 heavy (non-hydrogen) atoms. The lowest BCUT2D eigenvalue weighted by atomic mass is 10.5. The van der Waals surface area contributed by atoms with Crippen LogP contribution in [0.5, 0.6) is 0 Å². The molecule has 0 saturated heterocycles. The molecule has 0 fully saturated rings. The monoisotopic (exact) mass is 190 g/mol. The zero-order valence-corrected chi connectivity index (χ0v) is 7.70. The Kier molecular flexibility index (Phi) is 9.53. The highest BCUT2D eigenvalue weighted by molar-refractivity contribution is 5.91. The number of carbonyl (C=O) groups is 2. The van der Waals surface area contributed by atoms with Crippen molar-refractivity contribution in [2.45, 2.75) is 13.8 Å². The highest BCUT2D eigenvalue weighted by atomic mass is 16.5. The van der Waals surface area contributed by atoms with E-state index >= 15 is 0 Å². The maximum Gasteiger partial charge on any atom is 0.330 e. The van der Waals surface area contributed by atoms with E-state index in [1.165, 1.54) is 0 Å². The van der Waals surface area contributed by atoms with Crippen molar-refractivity contribution in [3.63, 3.8) is 0 Å².